The van der Waals surface area contributed by atoms with Crippen molar-refractivity contribution in [1.29, 1.82) is 0 Å². The lowest BCUT2D eigenvalue weighted by atomic mass is 10.3. The van der Waals surface area contributed by atoms with Gasteiger partial charge in [-0.2, -0.15) is 4.99 Å². The number of rotatable bonds is 1. The Bertz CT molecular complexity index is 192. The molecule has 0 aromatic carbocycles. The molecule has 0 rings (SSSR count). The molecule has 0 saturated heterocycles. The highest BCUT2D eigenvalue weighted by atomic mass is 16.1. The second-order valence-corrected chi connectivity index (χ2v) is 1.99. The lowest BCUT2D eigenvalue weighted by Gasteiger charge is -1.95. The van der Waals surface area contributed by atoms with Crippen molar-refractivity contribution in [3.05, 3.63) is 11.6 Å². The second kappa shape index (κ2) is 3.82. The zero-order valence-electron chi connectivity index (χ0n) is 6.51. The summed E-state index contributed by atoms with van der Waals surface area (Å²) < 4.78 is 0. The van der Waals surface area contributed by atoms with E-state index >= 15 is 0 Å². The number of amidine groups is 1. The van der Waals surface area contributed by atoms with E-state index in [-0.39, 0.29) is 5.91 Å². The minimum atomic E-state index is -0.265. The number of nitrogens with zero attached hydrogens (tertiary/aromatic N) is 1. The Morgan fingerprint density at radius 2 is 2.00 bits per heavy atom. The number of carbonyl (C=O) groups excluding carboxylic acids is 1. The largest absolute Gasteiger partial charge is 0.383 e. The van der Waals surface area contributed by atoms with Gasteiger partial charge >= 0.3 is 0 Å². The van der Waals surface area contributed by atoms with Crippen molar-refractivity contribution in [1.82, 2.24) is 0 Å². The first kappa shape index (κ1) is 8.88. The molecular formula is C7H12N2O. The molecule has 0 heterocycles. The van der Waals surface area contributed by atoms with Gasteiger partial charge in [-0.25, -0.2) is 0 Å². The molecule has 1 amide bonds. The molecule has 0 aromatic heterocycles. The van der Waals surface area contributed by atoms with Crippen LogP contribution in [-0.2, 0) is 4.79 Å². The molecule has 0 spiro atoms. The highest BCUT2D eigenvalue weighted by molar-refractivity contribution is 6.02. The van der Waals surface area contributed by atoms with Crippen LogP contribution in [0.2, 0.25) is 0 Å². The Kier molecular flexibility index (Phi) is 3.39. The van der Waals surface area contributed by atoms with Gasteiger partial charge in [0.1, 0.15) is 5.84 Å². The van der Waals surface area contributed by atoms with Crippen LogP contribution in [0, 0.1) is 0 Å². The number of allylic oxidation sites excluding steroid dienone is 1. The molecule has 0 aliphatic heterocycles. The molecule has 0 fully saturated rings. The Labute approximate surface area is 60.6 Å². The lowest BCUT2D eigenvalue weighted by Crippen LogP contribution is -2.14. The zero-order valence-corrected chi connectivity index (χ0v) is 6.51. The summed E-state index contributed by atoms with van der Waals surface area (Å²) in [5, 5.41) is 0. The van der Waals surface area contributed by atoms with Crippen LogP contribution in [0.15, 0.2) is 16.6 Å². The molecule has 0 bridgehead atoms. The smallest absolute Gasteiger partial charge is 0.244 e. The van der Waals surface area contributed by atoms with Crippen molar-refractivity contribution in [2.45, 2.75) is 20.8 Å². The first-order valence-electron chi connectivity index (χ1n) is 3.06. The van der Waals surface area contributed by atoms with Gasteiger partial charge in [0, 0.05) is 6.92 Å². The number of amides is 1. The van der Waals surface area contributed by atoms with Crippen molar-refractivity contribution in [2.24, 2.45) is 10.7 Å². The predicted molar refractivity (Wildman–Crippen MR) is 41.7 cm³/mol. The summed E-state index contributed by atoms with van der Waals surface area (Å²) >= 11 is 0. The maximum atomic E-state index is 10.4. The molecule has 3 nitrogen and oxygen atoms in total. The van der Waals surface area contributed by atoms with Gasteiger partial charge in [-0.1, -0.05) is 6.08 Å². The van der Waals surface area contributed by atoms with E-state index in [1.165, 1.54) is 6.92 Å². The highest BCUT2D eigenvalue weighted by Crippen LogP contribution is 1.91. The fourth-order valence-corrected chi connectivity index (χ4v) is 0.406. The van der Waals surface area contributed by atoms with Crippen LogP contribution in [0.25, 0.3) is 0 Å². The average molecular weight is 140 g/mol. The number of hydrogen-bond donors (Lipinski definition) is 1. The van der Waals surface area contributed by atoms with Gasteiger partial charge < -0.3 is 5.73 Å². The first-order valence-corrected chi connectivity index (χ1v) is 3.06. The van der Waals surface area contributed by atoms with Crippen LogP contribution in [0.3, 0.4) is 0 Å². The Balaban J connectivity index is 4.35. The number of hydrogen-bond acceptors (Lipinski definition) is 1. The van der Waals surface area contributed by atoms with Gasteiger partial charge in [-0.05, 0) is 19.4 Å². The molecule has 0 aromatic rings. The van der Waals surface area contributed by atoms with Crippen LogP contribution in [0.5, 0.6) is 0 Å². The number of nitrogens with two attached hydrogens (primary N) is 1. The van der Waals surface area contributed by atoms with E-state index in [4.69, 9.17) is 5.73 Å². The van der Waals surface area contributed by atoms with Crippen LogP contribution in [-0.4, -0.2) is 11.7 Å². The van der Waals surface area contributed by atoms with E-state index in [1.807, 2.05) is 19.9 Å². The van der Waals surface area contributed by atoms with Crippen molar-refractivity contribution in [3.8, 4) is 0 Å². The molecular weight excluding hydrogens is 128 g/mol. The Hall–Kier alpha value is -1.12. The molecule has 2 N–H and O–H groups in total. The van der Waals surface area contributed by atoms with E-state index in [0.717, 1.165) is 5.57 Å². The van der Waals surface area contributed by atoms with Crippen LogP contribution in [0.4, 0.5) is 0 Å². The molecule has 0 atom stereocenters. The van der Waals surface area contributed by atoms with Crippen molar-refractivity contribution in [3.63, 3.8) is 0 Å². The summed E-state index contributed by atoms with van der Waals surface area (Å²) in [5.74, 6) is 0.0358. The topological polar surface area (TPSA) is 55.4 Å². The summed E-state index contributed by atoms with van der Waals surface area (Å²) in [6.07, 6.45) is 1.81. The van der Waals surface area contributed by atoms with E-state index in [1.54, 1.807) is 0 Å². The summed E-state index contributed by atoms with van der Waals surface area (Å²) in [5.41, 5.74) is 6.22. The van der Waals surface area contributed by atoms with Gasteiger partial charge in [0.05, 0.1) is 0 Å². The molecule has 0 aliphatic rings. The van der Waals surface area contributed by atoms with E-state index in [2.05, 4.69) is 4.99 Å². The molecule has 3 heteroatoms. The number of carbonyl (C=O) groups is 1. The standard InChI is InChI=1S/C7H12N2O/c1-4-5(2)7(8)9-6(3)10/h4H,1-3H3,(H2,8,9,10)/b5-4-. The Morgan fingerprint density at radius 1 is 1.50 bits per heavy atom. The third-order valence-electron chi connectivity index (χ3n) is 1.11. The molecule has 10 heavy (non-hydrogen) atoms. The summed E-state index contributed by atoms with van der Waals surface area (Å²) in [7, 11) is 0. The average Bonchev–Trinajstić information content (AvgIpc) is 1.85. The van der Waals surface area contributed by atoms with Gasteiger partial charge in [-0.15, -0.1) is 0 Å². The van der Waals surface area contributed by atoms with Crippen LogP contribution in [0.1, 0.15) is 20.8 Å². The fourth-order valence-electron chi connectivity index (χ4n) is 0.406. The van der Waals surface area contributed by atoms with Gasteiger partial charge in [0.25, 0.3) is 0 Å². The molecule has 56 valence electrons. The molecule has 0 saturated carbocycles. The quantitative estimate of drug-likeness (QED) is 0.433. The van der Waals surface area contributed by atoms with Crippen molar-refractivity contribution < 1.29 is 4.79 Å². The molecule has 0 radical (unpaired) electrons. The minimum Gasteiger partial charge on any atom is -0.383 e. The third kappa shape index (κ3) is 3.02. The Morgan fingerprint density at radius 3 is 2.30 bits per heavy atom. The van der Waals surface area contributed by atoms with Crippen molar-refractivity contribution >= 4 is 11.7 Å². The summed E-state index contributed by atoms with van der Waals surface area (Å²) in [6.45, 7) is 5.02. The highest BCUT2D eigenvalue weighted by Gasteiger charge is 1.94. The van der Waals surface area contributed by atoms with Crippen LogP contribution >= 0.6 is 0 Å². The second-order valence-electron chi connectivity index (χ2n) is 1.99. The van der Waals surface area contributed by atoms with Gasteiger partial charge in [0.15, 0.2) is 0 Å². The zero-order chi connectivity index (χ0) is 8.15. The predicted octanol–water partition coefficient (Wildman–Crippen LogP) is 0.856. The third-order valence-corrected chi connectivity index (χ3v) is 1.11. The van der Waals surface area contributed by atoms with E-state index < -0.39 is 0 Å². The maximum absolute atomic E-state index is 10.4. The molecule has 0 aliphatic carbocycles. The van der Waals surface area contributed by atoms with Gasteiger partial charge in [-0.3, -0.25) is 4.79 Å². The normalized spacial score (nSPS) is 13.5. The van der Waals surface area contributed by atoms with E-state index in [9.17, 15) is 4.79 Å². The lowest BCUT2D eigenvalue weighted by molar-refractivity contribution is -0.115. The van der Waals surface area contributed by atoms with Crippen LogP contribution < -0.4 is 5.73 Å². The fraction of sp³-hybridized carbons (Fsp3) is 0.429. The summed E-state index contributed by atoms with van der Waals surface area (Å²) in [4.78, 5) is 13.9. The molecule has 0 unspecified atom stereocenters. The van der Waals surface area contributed by atoms with Crippen molar-refractivity contribution in [2.75, 3.05) is 0 Å². The van der Waals surface area contributed by atoms with Gasteiger partial charge in [0.2, 0.25) is 5.91 Å². The maximum Gasteiger partial charge on any atom is 0.244 e. The summed E-state index contributed by atoms with van der Waals surface area (Å²) in [6, 6.07) is 0. The monoisotopic (exact) mass is 140 g/mol. The SMILES string of the molecule is C/C=C(/C)C(N)=NC(C)=O. The minimum absolute atomic E-state index is 0.265. The number of aliphatic imine (C=N–C) groups is 1. The van der Waals surface area contributed by atoms with E-state index in [0.29, 0.717) is 5.84 Å². The first-order chi connectivity index (χ1) is 4.57.